The van der Waals surface area contributed by atoms with Crippen LogP contribution in [0.15, 0.2) is 23.1 Å². The first kappa shape index (κ1) is 16.1. The highest BCUT2D eigenvalue weighted by Gasteiger charge is 2.19. The van der Waals surface area contributed by atoms with Gasteiger partial charge in [0.05, 0.1) is 16.5 Å². The van der Waals surface area contributed by atoms with Crippen LogP contribution in [0.5, 0.6) is 0 Å². The number of benzene rings is 1. The van der Waals surface area contributed by atoms with Crippen molar-refractivity contribution < 1.29 is 18.3 Å². The molecule has 108 valence electrons. The summed E-state index contributed by atoms with van der Waals surface area (Å²) in [7, 11) is -3.75. The molecule has 2 N–H and O–H groups in total. The predicted molar refractivity (Wildman–Crippen MR) is 72.5 cm³/mol. The average Bonchev–Trinajstić information content (AvgIpc) is 2.36. The fourth-order valence-corrected chi connectivity index (χ4v) is 3.09. The molecule has 6 nitrogen and oxygen atoms in total. The average molecular weight is 296 g/mol. The zero-order chi connectivity index (χ0) is 15.3. The summed E-state index contributed by atoms with van der Waals surface area (Å²) in [6.07, 6.45) is -0.111. The Hall–Kier alpha value is -1.91. The third kappa shape index (κ3) is 4.33. The number of nitriles is 1. The fourth-order valence-electron chi connectivity index (χ4n) is 1.66. The van der Waals surface area contributed by atoms with Crippen LogP contribution in [0.1, 0.15) is 24.5 Å². The van der Waals surface area contributed by atoms with Crippen LogP contribution in [0.25, 0.3) is 0 Å². The van der Waals surface area contributed by atoms with Crippen molar-refractivity contribution in [3.05, 3.63) is 29.3 Å². The lowest BCUT2D eigenvalue weighted by atomic mass is 10.1. The SMILES string of the molecule is Cc1ccc(C#N)cc1S(=O)(=O)NCC(C)CC(=O)O. The van der Waals surface area contributed by atoms with Gasteiger partial charge >= 0.3 is 5.97 Å². The van der Waals surface area contributed by atoms with Gasteiger partial charge in [0.2, 0.25) is 10.0 Å². The number of rotatable bonds is 6. The molecule has 0 aliphatic heterocycles. The van der Waals surface area contributed by atoms with Gasteiger partial charge in [-0.2, -0.15) is 5.26 Å². The molecule has 0 amide bonds. The topological polar surface area (TPSA) is 107 Å². The van der Waals surface area contributed by atoms with Crippen molar-refractivity contribution in [1.82, 2.24) is 4.72 Å². The van der Waals surface area contributed by atoms with E-state index in [1.165, 1.54) is 6.07 Å². The smallest absolute Gasteiger partial charge is 0.303 e. The number of aliphatic carboxylic acids is 1. The van der Waals surface area contributed by atoms with Crippen LogP contribution >= 0.6 is 0 Å². The third-order valence-corrected chi connectivity index (χ3v) is 4.32. The largest absolute Gasteiger partial charge is 0.481 e. The molecule has 0 aliphatic rings. The van der Waals surface area contributed by atoms with Gasteiger partial charge < -0.3 is 5.11 Å². The molecule has 1 rings (SSSR count). The molecule has 1 atom stereocenters. The second kappa shape index (κ2) is 6.50. The number of nitrogens with one attached hydrogen (secondary N) is 1. The van der Waals surface area contributed by atoms with Crippen LogP contribution < -0.4 is 4.72 Å². The van der Waals surface area contributed by atoms with Crippen LogP contribution in [0.3, 0.4) is 0 Å². The summed E-state index contributed by atoms with van der Waals surface area (Å²) in [6.45, 7) is 3.32. The molecule has 1 aromatic rings. The molecule has 0 spiro atoms. The number of carboxylic acids is 1. The summed E-state index contributed by atoms with van der Waals surface area (Å²) >= 11 is 0. The molecule has 0 aliphatic carbocycles. The van der Waals surface area contributed by atoms with Crippen LogP contribution in [0, 0.1) is 24.2 Å². The van der Waals surface area contributed by atoms with E-state index >= 15 is 0 Å². The summed E-state index contributed by atoms with van der Waals surface area (Å²) in [4.78, 5) is 10.6. The lowest BCUT2D eigenvalue weighted by Gasteiger charge is -2.12. The predicted octanol–water partition coefficient (Wildman–Crippen LogP) is 1.26. The summed E-state index contributed by atoms with van der Waals surface area (Å²) in [5, 5.41) is 17.4. The first-order valence-electron chi connectivity index (χ1n) is 5.98. The Kier molecular flexibility index (Phi) is 5.25. The van der Waals surface area contributed by atoms with Crippen LogP contribution in [-0.4, -0.2) is 26.0 Å². The standard InChI is InChI=1S/C13H16N2O4S/c1-9(5-13(16)17)8-15-20(18,19)12-6-11(7-14)4-3-10(12)2/h3-4,6,9,15H,5,8H2,1-2H3,(H,16,17). The maximum Gasteiger partial charge on any atom is 0.303 e. The van der Waals surface area contributed by atoms with E-state index in [4.69, 9.17) is 10.4 Å². The highest BCUT2D eigenvalue weighted by molar-refractivity contribution is 7.89. The van der Waals surface area contributed by atoms with Crippen molar-refractivity contribution in [2.75, 3.05) is 6.54 Å². The minimum Gasteiger partial charge on any atom is -0.481 e. The Bertz CT molecular complexity index is 647. The number of carboxylic acid groups (broad SMARTS) is 1. The number of hydrogen-bond donors (Lipinski definition) is 2. The van der Waals surface area contributed by atoms with Crippen molar-refractivity contribution in [2.24, 2.45) is 5.92 Å². The molecule has 0 saturated carbocycles. The summed E-state index contributed by atoms with van der Waals surface area (Å²) in [5.74, 6) is -1.29. The van der Waals surface area contributed by atoms with Crippen LogP contribution in [-0.2, 0) is 14.8 Å². The van der Waals surface area contributed by atoms with Crippen LogP contribution in [0.2, 0.25) is 0 Å². The minimum absolute atomic E-state index is 0.0326. The number of aryl methyl sites for hydroxylation is 1. The highest BCUT2D eigenvalue weighted by Crippen LogP contribution is 2.17. The van der Waals surface area contributed by atoms with Crippen molar-refractivity contribution in [3.8, 4) is 6.07 Å². The first-order valence-corrected chi connectivity index (χ1v) is 7.47. The molecule has 0 bridgehead atoms. The van der Waals surface area contributed by atoms with Gasteiger partial charge in [0, 0.05) is 13.0 Å². The molecule has 0 heterocycles. The zero-order valence-electron chi connectivity index (χ0n) is 11.3. The Morgan fingerprint density at radius 3 is 2.70 bits per heavy atom. The molecule has 0 radical (unpaired) electrons. The molecule has 20 heavy (non-hydrogen) atoms. The quantitative estimate of drug-likeness (QED) is 0.821. The summed E-state index contributed by atoms with van der Waals surface area (Å²) in [6, 6.07) is 6.30. The normalized spacial score (nSPS) is 12.7. The first-order chi connectivity index (χ1) is 9.26. The van der Waals surface area contributed by atoms with E-state index in [-0.39, 0.29) is 29.3 Å². The van der Waals surface area contributed by atoms with E-state index < -0.39 is 16.0 Å². The molecular weight excluding hydrogens is 280 g/mol. The summed E-state index contributed by atoms with van der Waals surface area (Å²) < 4.78 is 26.7. The molecule has 0 saturated heterocycles. The van der Waals surface area contributed by atoms with E-state index in [2.05, 4.69) is 4.72 Å². The van der Waals surface area contributed by atoms with Gasteiger partial charge in [0.25, 0.3) is 0 Å². The molecule has 1 aromatic carbocycles. The Morgan fingerprint density at radius 2 is 2.15 bits per heavy atom. The van der Waals surface area contributed by atoms with E-state index in [1.54, 1.807) is 26.0 Å². The van der Waals surface area contributed by atoms with Crippen molar-refractivity contribution in [3.63, 3.8) is 0 Å². The Morgan fingerprint density at radius 1 is 1.50 bits per heavy atom. The molecule has 0 aromatic heterocycles. The van der Waals surface area contributed by atoms with Crippen molar-refractivity contribution in [1.29, 1.82) is 5.26 Å². The Balaban J connectivity index is 2.89. The number of nitrogens with zero attached hydrogens (tertiary/aromatic N) is 1. The molecular formula is C13H16N2O4S. The van der Waals surface area contributed by atoms with Gasteiger partial charge in [0.1, 0.15) is 0 Å². The van der Waals surface area contributed by atoms with Gasteiger partial charge in [-0.3, -0.25) is 4.79 Å². The highest BCUT2D eigenvalue weighted by atomic mass is 32.2. The summed E-state index contributed by atoms with van der Waals surface area (Å²) in [5.41, 5.74) is 0.789. The number of carbonyl (C=O) groups is 1. The lowest BCUT2D eigenvalue weighted by molar-refractivity contribution is -0.137. The molecule has 0 fully saturated rings. The zero-order valence-corrected chi connectivity index (χ0v) is 12.1. The van der Waals surface area contributed by atoms with Crippen molar-refractivity contribution in [2.45, 2.75) is 25.2 Å². The van der Waals surface area contributed by atoms with Crippen molar-refractivity contribution >= 4 is 16.0 Å². The number of hydrogen-bond acceptors (Lipinski definition) is 4. The van der Waals surface area contributed by atoms with Gasteiger partial charge in [0.15, 0.2) is 0 Å². The van der Waals surface area contributed by atoms with E-state index in [9.17, 15) is 13.2 Å². The minimum atomic E-state index is -3.75. The maximum absolute atomic E-state index is 12.1. The monoisotopic (exact) mass is 296 g/mol. The lowest BCUT2D eigenvalue weighted by Crippen LogP contribution is -2.29. The van der Waals surface area contributed by atoms with E-state index in [0.717, 1.165) is 0 Å². The van der Waals surface area contributed by atoms with E-state index in [0.29, 0.717) is 5.56 Å². The third-order valence-electron chi connectivity index (χ3n) is 2.75. The molecule has 1 unspecified atom stereocenters. The molecule has 7 heteroatoms. The van der Waals surface area contributed by atoms with Gasteiger partial charge in [-0.05, 0) is 30.5 Å². The van der Waals surface area contributed by atoms with Gasteiger partial charge in [-0.15, -0.1) is 0 Å². The fraction of sp³-hybridized carbons (Fsp3) is 0.385. The number of sulfonamides is 1. The van der Waals surface area contributed by atoms with Gasteiger partial charge in [-0.25, -0.2) is 13.1 Å². The van der Waals surface area contributed by atoms with Gasteiger partial charge in [-0.1, -0.05) is 13.0 Å². The van der Waals surface area contributed by atoms with Crippen LogP contribution in [0.4, 0.5) is 0 Å². The van der Waals surface area contributed by atoms with E-state index in [1.807, 2.05) is 6.07 Å². The Labute approximate surface area is 118 Å². The second-order valence-corrected chi connectivity index (χ2v) is 6.38. The second-order valence-electron chi connectivity index (χ2n) is 4.65. The maximum atomic E-state index is 12.1.